The molecule has 0 unspecified atom stereocenters. The van der Waals surface area contributed by atoms with E-state index in [0.29, 0.717) is 12.3 Å². The van der Waals surface area contributed by atoms with Crippen molar-refractivity contribution >= 4 is 12.1 Å². The number of nitrogens with one attached hydrogen (secondary N) is 1. The van der Waals surface area contributed by atoms with E-state index in [4.69, 9.17) is 9.47 Å². The largest absolute Gasteiger partial charge is 0.460 e. The highest BCUT2D eigenvalue weighted by Gasteiger charge is 2.38. The summed E-state index contributed by atoms with van der Waals surface area (Å²) in [6.45, 7) is 7.43. The predicted octanol–water partition coefficient (Wildman–Crippen LogP) is 3.80. The minimum atomic E-state index is -0.529. The molecule has 1 N–H and O–H groups in total. The number of hydrogen-bond donors (Lipinski definition) is 1. The number of amides is 1. The van der Waals surface area contributed by atoms with Gasteiger partial charge in [-0.15, -0.1) is 0 Å². The zero-order valence-electron chi connectivity index (χ0n) is 14.9. The third-order valence-electron chi connectivity index (χ3n) is 4.72. The molecule has 0 aromatic carbocycles. The molecule has 0 aromatic heterocycles. The van der Waals surface area contributed by atoms with Crippen molar-refractivity contribution in [3.63, 3.8) is 0 Å². The lowest BCUT2D eigenvalue weighted by atomic mass is 9.83. The number of carbonyl (C=O) groups is 2. The van der Waals surface area contributed by atoms with Gasteiger partial charge in [0.15, 0.2) is 0 Å². The summed E-state index contributed by atoms with van der Waals surface area (Å²) in [5.74, 6) is 0.349. The van der Waals surface area contributed by atoms with E-state index in [1.807, 2.05) is 27.7 Å². The summed E-state index contributed by atoms with van der Waals surface area (Å²) in [5.41, 5.74) is -0.529. The molecule has 5 heteroatoms. The SMILES string of the molecule is C[C@@H]1C[C@@H]([C@H](CC2CCCCC2)NC(=O)OC(C)(C)C)OC1=O. The predicted molar refractivity (Wildman–Crippen MR) is 88.0 cm³/mol. The number of cyclic esters (lactones) is 1. The molecule has 1 aliphatic carbocycles. The fraction of sp³-hybridized carbons (Fsp3) is 0.889. The highest BCUT2D eigenvalue weighted by atomic mass is 16.6. The normalized spacial score (nSPS) is 27.4. The fourth-order valence-corrected chi connectivity index (χ4v) is 3.55. The molecule has 2 fully saturated rings. The van der Waals surface area contributed by atoms with Gasteiger partial charge in [-0.05, 0) is 39.5 Å². The van der Waals surface area contributed by atoms with Crippen LogP contribution < -0.4 is 5.32 Å². The van der Waals surface area contributed by atoms with Gasteiger partial charge in [0, 0.05) is 0 Å². The monoisotopic (exact) mass is 325 g/mol. The van der Waals surface area contributed by atoms with Crippen LogP contribution in [0.2, 0.25) is 0 Å². The first-order chi connectivity index (χ1) is 10.7. The second-order valence-corrected chi connectivity index (χ2v) is 8.10. The number of rotatable bonds is 4. The Labute approximate surface area is 139 Å². The van der Waals surface area contributed by atoms with Crippen LogP contribution in [0.5, 0.6) is 0 Å². The molecular formula is C18H31NO4. The number of hydrogen-bond acceptors (Lipinski definition) is 4. The van der Waals surface area contributed by atoms with E-state index in [0.717, 1.165) is 6.42 Å². The summed E-state index contributed by atoms with van der Waals surface area (Å²) < 4.78 is 10.9. The molecule has 1 heterocycles. The maximum atomic E-state index is 12.2. The third kappa shape index (κ3) is 5.70. The number of carbonyl (C=O) groups excluding carboxylic acids is 2. The van der Waals surface area contributed by atoms with Crippen molar-refractivity contribution in [2.45, 2.75) is 90.4 Å². The van der Waals surface area contributed by atoms with Gasteiger partial charge in [0.1, 0.15) is 11.7 Å². The van der Waals surface area contributed by atoms with Crippen LogP contribution in [0, 0.1) is 11.8 Å². The van der Waals surface area contributed by atoms with Crippen molar-refractivity contribution in [2.24, 2.45) is 11.8 Å². The van der Waals surface area contributed by atoms with E-state index in [1.54, 1.807) is 0 Å². The molecular weight excluding hydrogens is 294 g/mol. The quantitative estimate of drug-likeness (QED) is 0.798. The Kier molecular flexibility index (Phi) is 5.93. The Morgan fingerprint density at radius 3 is 2.48 bits per heavy atom. The minimum absolute atomic E-state index is 0.0886. The van der Waals surface area contributed by atoms with Crippen LogP contribution in [-0.4, -0.2) is 29.8 Å². The van der Waals surface area contributed by atoms with Crippen molar-refractivity contribution in [1.29, 1.82) is 0 Å². The molecule has 2 aliphatic rings. The van der Waals surface area contributed by atoms with E-state index in [1.165, 1.54) is 32.1 Å². The minimum Gasteiger partial charge on any atom is -0.460 e. The molecule has 132 valence electrons. The van der Waals surface area contributed by atoms with Crippen LogP contribution in [0.25, 0.3) is 0 Å². The second kappa shape index (κ2) is 7.54. The van der Waals surface area contributed by atoms with E-state index >= 15 is 0 Å². The van der Waals surface area contributed by atoms with Crippen molar-refractivity contribution < 1.29 is 19.1 Å². The molecule has 2 rings (SSSR count). The van der Waals surface area contributed by atoms with Crippen molar-refractivity contribution in [3.8, 4) is 0 Å². The van der Waals surface area contributed by atoms with E-state index < -0.39 is 11.7 Å². The molecule has 1 saturated heterocycles. The number of ether oxygens (including phenoxy) is 2. The molecule has 1 aliphatic heterocycles. The summed E-state index contributed by atoms with van der Waals surface area (Å²) >= 11 is 0. The highest BCUT2D eigenvalue weighted by Crippen LogP contribution is 2.31. The lowest BCUT2D eigenvalue weighted by molar-refractivity contribution is -0.145. The van der Waals surface area contributed by atoms with Crippen molar-refractivity contribution in [2.75, 3.05) is 0 Å². The summed E-state index contributed by atoms with van der Waals surface area (Å²) in [6, 6.07) is -0.151. The van der Waals surface area contributed by atoms with Gasteiger partial charge in [0.2, 0.25) is 0 Å². The van der Waals surface area contributed by atoms with Gasteiger partial charge in [-0.2, -0.15) is 0 Å². The van der Waals surface area contributed by atoms with Gasteiger partial charge in [0.25, 0.3) is 0 Å². The van der Waals surface area contributed by atoms with Crippen molar-refractivity contribution in [1.82, 2.24) is 5.32 Å². The average molecular weight is 325 g/mol. The molecule has 23 heavy (non-hydrogen) atoms. The van der Waals surface area contributed by atoms with Gasteiger partial charge >= 0.3 is 12.1 Å². The lowest BCUT2D eigenvalue weighted by Crippen LogP contribution is -2.46. The molecule has 0 radical (unpaired) electrons. The fourth-order valence-electron chi connectivity index (χ4n) is 3.55. The van der Waals surface area contributed by atoms with Gasteiger partial charge in [0.05, 0.1) is 12.0 Å². The van der Waals surface area contributed by atoms with E-state index in [9.17, 15) is 9.59 Å². The average Bonchev–Trinajstić information content (AvgIpc) is 2.77. The first-order valence-corrected chi connectivity index (χ1v) is 8.94. The lowest BCUT2D eigenvalue weighted by Gasteiger charge is -2.30. The Morgan fingerprint density at radius 2 is 1.96 bits per heavy atom. The topological polar surface area (TPSA) is 64.6 Å². The van der Waals surface area contributed by atoms with Gasteiger partial charge in [-0.1, -0.05) is 39.0 Å². The van der Waals surface area contributed by atoms with E-state index in [2.05, 4.69) is 5.32 Å². The summed E-state index contributed by atoms with van der Waals surface area (Å²) in [6.07, 6.45) is 7.09. The standard InChI is InChI=1S/C18H31NO4/c1-12-10-15(22-16(12)20)14(11-13-8-6-5-7-9-13)19-17(21)23-18(2,3)4/h12-15H,5-11H2,1-4H3,(H,19,21)/t12-,14+,15+/m1/s1. The second-order valence-electron chi connectivity index (χ2n) is 8.10. The number of esters is 1. The van der Waals surface area contributed by atoms with Gasteiger partial charge in [-0.25, -0.2) is 4.79 Å². The molecule has 0 aromatic rings. The Bertz CT molecular complexity index is 423. The zero-order valence-corrected chi connectivity index (χ0v) is 14.9. The summed E-state index contributed by atoms with van der Waals surface area (Å²) in [7, 11) is 0. The first kappa shape index (κ1) is 18.1. The third-order valence-corrected chi connectivity index (χ3v) is 4.72. The Morgan fingerprint density at radius 1 is 1.30 bits per heavy atom. The smallest absolute Gasteiger partial charge is 0.408 e. The molecule has 0 spiro atoms. The van der Waals surface area contributed by atoms with E-state index in [-0.39, 0.29) is 24.0 Å². The maximum Gasteiger partial charge on any atom is 0.408 e. The summed E-state index contributed by atoms with van der Waals surface area (Å²) in [4.78, 5) is 23.9. The van der Waals surface area contributed by atoms with Crippen LogP contribution in [0.15, 0.2) is 0 Å². The highest BCUT2D eigenvalue weighted by molar-refractivity contribution is 5.74. The van der Waals surface area contributed by atoms with Gasteiger partial charge < -0.3 is 14.8 Å². The number of alkyl carbamates (subject to hydrolysis) is 1. The maximum absolute atomic E-state index is 12.2. The molecule has 1 amide bonds. The van der Waals surface area contributed by atoms with Crippen LogP contribution in [0.3, 0.4) is 0 Å². The zero-order chi connectivity index (χ0) is 17.0. The van der Waals surface area contributed by atoms with Gasteiger partial charge in [-0.3, -0.25) is 4.79 Å². The molecule has 5 nitrogen and oxygen atoms in total. The summed E-state index contributed by atoms with van der Waals surface area (Å²) in [5, 5.41) is 2.97. The molecule has 3 atom stereocenters. The molecule has 0 bridgehead atoms. The molecule has 1 saturated carbocycles. The Balaban J connectivity index is 1.98. The van der Waals surface area contributed by atoms with Crippen LogP contribution >= 0.6 is 0 Å². The first-order valence-electron chi connectivity index (χ1n) is 8.94. The van der Waals surface area contributed by atoms with Crippen molar-refractivity contribution in [3.05, 3.63) is 0 Å². The Hall–Kier alpha value is -1.26. The van der Waals surface area contributed by atoms with Crippen LogP contribution in [-0.2, 0) is 14.3 Å². The van der Waals surface area contributed by atoms with Crippen LogP contribution in [0.1, 0.15) is 72.6 Å². The van der Waals surface area contributed by atoms with Crippen LogP contribution in [0.4, 0.5) is 4.79 Å².